The number of nitrogens with one attached hydrogen (secondary N) is 1. The van der Waals surface area contributed by atoms with Crippen molar-refractivity contribution in [3.8, 4) is 0 Å². The first-order chi connectivity index (χ1) is 6.47. The minimum atomic E-state index is -4.04. The summed E-state index contributed by atoms with van der Waals surface area (Å²) in [7, 11) is 0. The summed E-state index contributed by atoms with van der Waals surface area (Å²) in [5.41, 5.74) is 0. The number of hydrogen-bond acceptors (Lipinski definition) is 1. The van der Waals surface area contributed by atoms with Gasteiger partial charge >= 0.3 is 6.18 Å². The molecule has 0 bridgehead atoms. The van der Waals surface area contributed by atoms with Gasteiger partial charge in [-0.25, -0.2) is 0 Å². The Morgan fingerprint density at radius 1 is 1.14 bits per heavy atom. The van der Waals surface area contributed by atoms with Crippen LogP contribution < -0.4 is 5.32 Å². The van der Waals surface area contributed by atoms with Crippen LogP contribution in [0.1, 0.15) is 32.1 Å². The fraction of sp³-hybridized carbons (Fsp3) is 1.00. The van der Waals surface area contributed by atoms with Crippen LogP contribution in [0.3, 0.4) is 0 Å². The van der Waals surface area contributed by atoms with E-state index >= 15 is 0 Å². The van der Waals surface area contributed by atoms with Crippen molar-refractivity contribution in [3.05, 3.63) is 0 Å². The van der Waals surface area contributed by atoms with Crippen LogP contribution in [0.25, 0.3) is 0 Å². The van der Waals surface area contributed by atoms with Crippen LogP contribution in [0.5, 0.6) is 0 Å². The highest BCUT2D eigenvalue weighted by molar-refractivity contribution is 6.20. The third-order valence-electron chi connectivity index (χ3n) is 2.50. The second-order valence-electron chi connectivity index (χ2n) is 3.77. The first-order valence-corrected chi connectivity index (χ1v) is 5.35. The normalized spacial score (nSPS) is 29.1. The van der Waals surface area contributed by atoms with E-state index in [1.54, 1.807) is 0 Å². The average molecular weight is 230 g/mol. The highest BCUT2D eigenvalue weighted by Crippen LogP contribution is 2.23. The summed E-state index contributed by atoms with van der Waals surface area (Å²) in [6.45, 7) is 0.0289. The van der Waals surface area contributed by atoms with Gasteiger partial charge < -0.3 is 5.32 Å². The summed E-state index contributed by atoms with van der Waals surface area (Å²) >= 11 is 5.88. The summed E-state index contributed by atoms with van der Waals surface area (Å²) in [5.74, 6) is 0. The van der Waals surface area contributed by atoms with Crippen LogP contribution >= 0.6 is 11.6 Å². The fourth-order valence-corrected chi connectivity index (χ4v) is 1.93. The summed E-state index contributed by atoms with van der Waals surface area (Å²) < 4.78 is 35.4. The maximum absolute atomic E-state index is 11.8. The van der Waals surface area contributed by atoms with E-state index in [9.17, 15) is 13.2 Å². The lowest BCUT2D eigenvalue weighted by Gasteiger charge is -2.26. The molecule has 0 saturated heterocycles. The first-order valence-electron chi connectivity index (χ1n) is 4.91. The van der Waals surface area contributed by atoms with Crippen LogP contribution in [-0.4, -0.2) is 24.1 Å². The molecule has 0 aliphatic heterocycles. The Balaban J connectivity index is 2.08. The Labute approximate surface area is 87.0 Å². The van der Waals surface area contributed by atoms with Gasteiger partial charge in [-0.3, -0.25) is 0 Å². The zero-order valence-corrected chi connectivity index (χ0v) is 8.67. The summed E-state index contributed by atoms with van der Waals surface area (Å²) in [5, 5.41) is 3.14. The number of alkyl halides is 4. The molecule has 5 heteroatoms. The van der Waals surface area contributed by atoms with Gasteiger partial charge in [0.2, 0.25) is 0 Å². The Kier molecular flexibility index (Phi) is 4.51. The lowest BCUT2D eigenvalue weighted by atomic mass is 9.95. The first kappa shape index (κ1) is 12.1. The van der Waals surface area contributed by atoms with Gasteiger partial charge in [0.15, 0.2) is 0 Å². The minimum Gasteiger partial charge on any atom is -0.314 e. The molecular weight excluding hydrogens is 215 g/mol. The van der Waals surface area contributed by atoms with E-state index in [1.165, 1.54) is 0 Å². The topological polar surface area (TPSA) is 12.0 Å². The smallest absolute Gasteiger partial charge is 0.314 e. The Morgan fingerprint density at radius 3 is 2.21 bits per heavy atom. The van der Waals surface area contributed by atoms with Crippen molar-refractivity contribution in [2.75, 3.05) is 6.54 Å². The van der Waals surface area contributed by atoms with Gasteiger partial charge in [0.05, 0.1) is 6.42 Å². The third kappa shape index (κ3) is 5.05. The Hall–Kier alpha value is 0.0400. The Morgan fingerprint density at radius 2 is 1.71 bits per heavy atom. The van der Waals surface area contributed by atoms with Gasteiger partial charge in [0, 0.05) is 18.0 Å². The molecule has 1 aliphatic carbocycles. The molecule has 0 spiro atoms. The molecule has 0 aromatic heterocycles. The highest BCUT2D eigenvalue weighted by Gasteiger charge is 2.27. The second-order valence-corrected chi connectivity index (χ2v) is 4.39. The van der Waals surface area contributed by atoms with Crippen molar-refractivity contribution < 1.29 is 13.2 Å². The maximum Gasteiger partial charge on any atom is 0.390 e. The number of rotatable bonds is 3. The van der Waals surface area contributed by atoms with Gasteiger partial charge in [-0.05, 0) is 25.7 Å². The van der Waals surface area contributed by atoms with Crippen LogP contribution in [-0.2, 0) is 0 Å². The molecule has 1 saturated carbocycles. The molecule has 14 heavy (non-hydrogen) atoms. The van der Waals surface area contributed by atoms with E-state index in [-0.39, 0.29) is 18.0 Å². The van der Waals surface area contributed by atoms with Crippen molar-refractivity contribution in [2.45, 2.75) is 49.7 Å². The van der Waals surface area contributed by atoms with Crippen molar-refractivity contribution in [1.29, 1.82) is 0 Å². The molecule has 1 aliphatic rings. The van der Waals surface area contributed by atoms with E-state index < -0.39 is 12.6 Å². The molecule has 0 unspecified atom stereocenters. The molecule has 1 rings (SSSR count). The standard InChI is InChI=1S/C9H15ClF3N/c10-7-1-3-8(4-2-7)14-6-5-9(11,12)13/h7-8,14H,1-6H2. The number of hydrogen-bond donors (Lipinski definition) is 1. The minimum absolute atomic E-state index is 0.0289. The zero-order valence-electron chi connectivity index (χ0n) is 7.91. The fourth-order valence-electron chi connectivity index (χ4n) is 1.67. The van der Waals surface area contributed by atoms with Crippen molar-refractivity contribution in [1.82, 2.24) is 5.32 Å². The molecule has 0 aromatic rings. The molecule has 0 amide bonds. The van der Waals surface area contributed by atoms with Gasteiger partial charge in [-0.2, -0.15) is 13.2 Å². The van der Waals surface area contributed by atoms with Gasteiger partial charge in [-0.1, -0.05) is 0 Å². The molecule has 1 nitrogen and oxygen atoms in total. The summed E-state index contributed by atoms with van der Waals surface area (Å²) in [6.07, 6.45) is -1.18. The Bertz CT molecular complexity index is 164. The summed E-state index contributed by atoms with van der Waals surface area (Å²) in [4.78, 5) is 0. The van der Waals surface area contributed by atoms with E-state index in [0.717, 1.165) is 25.7 Å². The molecular formula is C9H15ClF3N. The van der Waals surface area contributed by atoms with Crippen molar-refractivity contribution >= 4 is 11.6 Å². The molecule has 0 radical (unpaired) electrons. The maximum atomic E-state index is 11.8. The second kappa shape index (κ2) is 5.21. The SMILES string of the molecule is FC(F)(F)CCNC1CCC(Cl)CC1. The van der Waals surface area contributed by atoms with Gasteiger partial charge in [-0.15, -0.1) is 11.6 Å². The highest BCUT2D eigenvalue weighted by atomic mass is 35.5. The average Bonchev–Trinajstić information content (AvgIpc) is 2.06. The van der Waals surface area contributed by atoms with E-state index in [1.807, 2.05) is 0 Å². The van der Waals surface area contributed by atoms with E-state index in [4.69, 9.17) is 11.6 Å². The molecule has 0 aromatic carbocycles. The van der Waals surface area contributed by atoms with Crippen molar-refractivity contribution in [2.24, 2.45) is 0 Å². The van der Waals surface area contributed by atoms with Crippen LogP contribution in [0, 0.1) is 0 Å². The van der Waals surface area contributed by atoms with Gasteiger partial charge in [0.25, 0.3) is 0 Å². The third-order valence-corrected chi connectivity index (χ3v) is 2.93. The molecule has 84 valence electrons. The van der Waals surface area contributed by atoms with Crippen LogP contribution in [0.4, 0.5) is 13.2 Å². The summed E-state index contributed by atoms with van der Waals surface area (Å²) in [6, 6.07) is 0.229. The van der Waals surface area contributed by atoms with Crippen LogP contribution in [0.15, 0.2) is 0 Å². The molecule has 0 heterocycles. The predicted molar refractivity (Wildman–Crippen MR) is 50.6 cm³/mol. The molecule has 1 N–H and O–H groups in total. The van der Waals surface area contributed by atoms with E-state index in [0.29, 0.717) is 0 Å². The number of halogens is 4. The molecule has 0 atom stereocenters. The van der Waals surface area contributed by atoms with Gasteiger partial charge in [0.1, 0.15) is 0 Å². The quantitative estimate of drug-likeness (QED) is 0.734. The lowest BCUT2D eigenvalue weighted by Crippen LogP contribution is -2.35. The predicted octanol–water partition coefficient (Wildman–Crippen LogP) is 3.08. The largest absolute Gasteiger partial charge is 0.390 e. The van der Waals surface area contributed by atoms with Crippen LogP contribution in [0.2, 0.25) is 0 Å². The monoisotopic (exact) mass is 229 g/mol. The zero-order chi connectivity index (χ0) is 10.6. The van der Waals surface area contributed by atoms with Crippen molar-refractivity contribution in [3.63, 3.8) is 0 Å². The van der Waals surface area contributed by atoms with E-state index in [2.05, 4.69) is 5.32 Å². The lowest BCUT2D eigenvalue weighted by molar-refractivity contribution is -0.133. The molecule has 1 fully saturated rings.